The number of rotatable bonds is 4. The van der Waals surface area contributed by atoms with Gasteiger partial charge in [-0.3, -0.25) is 0 Å². The normalized spacial score (nSPS) is 25.9. The van der Waals surface area contributed by atoms with Crippen LogP contribution in [0.3, 0.4) is 0 Å². The molecule has 1 aliphatic rings. The number of H-pyrrole nitrogens is 1. The minimum atomic E-state index is 0.601. The van der Waals surface area contributed by atoms with Crippen LogP contribution in [0.5, 0.6) is 0 Å². The number of hydrogen-bond acceptors (Lipinski definition) is 3. The Balaban J connectivity index is 1.65. The van der Waals surface area contributed by atoms with Crippen LogP contribution < -0.4 is 5.32 Å². The molecule has 1 saturated carbocycles. The average molecular weight is 284 g/mol. The van der Waals surface area contributed by atoms with Crippen molar-refractivity contribution in [2.24, 2.45) is 11.8 Å². The second-order valence-electron chi connectivity index (χ2n) is 6.48. The number of aromatic amines is 1. The highest BCUT2D eigenvalue weighted by Crippen LogP contribution is 2.29. The molecule has 0 aliphatic heterocycles. The largest absolute Gasteiger partial charge is 0.308 e. The summed E-state index contributed by atoms with van der Waals surface area (Å²) in [5.74, 6) is 1.63. The first kappa shape index (κ1) is 14.3. The molecule has 2 atom stereocenters. The molecule has 0 spiro atoms. The fourth-order valence-corrected chi connectivity index (χ4v) is 3.56. The predicted octanol–water partition coefficient (Wildman–Crippen LogP) is 3.39. The van der Waals surface area contributed by atoms with Crippen molar-refractivity contribution in [3.05, 3.63) is 36.0 Å². The highest BCUT2D eigenvalue weighted by atomic mass is 15.3. The van der Waals surface area contributed by atoms with E-state index in [2.05, 4.69) is 46.7 Å². The molecule has 0 bridgehead atoms. The molecule has 21 heavy (non-hydrogen) atoms. The maximum absolute atomic E-state index is 4.32. The van der Waals surface area contributed by atoms with Crippen molar-refractivity contribution in [2.75, 3.05) is 0 Å². The van der Waals surface area contributed by atoms with E-state index < -0.39 is 0 Å². The van der Waals surface area contributed by atoms with E-state index in [9.17, 15) is 0 Å². The monoisotopic (exact) mass is 284 g/mol. The zero-order valence-corrected chi connectivity index (χ0v) is 12.8. The Bertz CT molecular complexity index is 553. The number of hydrogen-bond donors (Lipinski definition) is 2. The number of nitrogens with zero attached hydrogens (tertiary/aromatic N) is 2. The molecule has 4 nitrogen and oxygen atoms in total. The lowest BCUT2D eigenvalue weighted by molar-refractivity contribution is 0.238. The topological polar surface area (TPSA) is 53.6 Å². The number of benzene rings is 1. The van der Waals surface area contributed by atoms with Gasteiger partial charge in [0.1, 0.15) is 11.4 Å². The van der Waals surface area contributed by atoms with E-state index in [1.807, 2.05) is 18.2 Å². The van der Waals surface area contributed by atoms with Gasteiger partial charge in [-0.25, -0.2) is 0 Å². The Labute approximate surface area is 126 Å². The summed E-state index contributed by atoms with van der Waals surface area (Å²) < 4.78 is 0. The lowest BCUT2D eigenvalue weighted by Gasteiger charge is -2.32. The van der Waals surface area contributed by atoms with Gasteiger partial charge in [0.15, 0.2) is 0 Å². The van der Waals surface area contributed by atoms with Crippen LogP contribution in [0, 0.1) is 11.8 Å². The summed E-state index contributed by atoms with van der Waals surface area (Å²) in [5.41, 5.74) is 3.08. The van der Waals surface area contributed by atoms with Gasteiger partial charge in [0.2, 0.25) is 0 Å². The van der Waals surface area contributed by atoms with Crippen molar-refractivity contribution in [2.45, 2.75) is 45.7 Å². The fraction of sp³-hybridized carbons (Fsp3) is 0.529. The first-order chi connectivity index (χ1) is 10.2. The highest BCUT2D eigenvalue weighted by molar-refractivity contribution is 5.60. The molecule has 2 aromatic rings. The maximum Gasteiger partial charge on any atom is 0.117 e. The standard InChI is InChI=1S/C17H24N4/c1-12-8-13(2)10-15(9-12)18-11-16-17(20-21-19-16)14-6-4-3-5-7-14/h3-7,12-13,15,18H,8-11H2,1-2H3,(H,19,20,21). The van der Waals surface area contributed by atoms with Crippen LogP contribution >= 0.6 is 0 Å². The zero-order chi connectivity index (χ0) is 14.7. The van der Waals surface area contributed by atoms with Crippen molar-refractivity contribution < 1.29 is 0 Å². The van der Waals surface area contributed by atoms with Crippen LogP contribution in [0.1, 0.15) is 38.8 Å². The van der Waals surface area contributed by atoms with Crippen LogP contribution in [0.4, 0.5) is 0 Å². The van der Waals surface area contributed by atoms with Gasteiger partial charge < -0.3 is 5.32 Å². The van der Waals surface area contributed by atoms with E-state index in [4.69, 9.17) is 0 Å². The van der Waals surface area contributed by atoms with Crippen molar-refractivity contribution in [3.63, 3.8) is 0 Å². The van der Waals surface area contributed by atoms with Gasteiger partial charge in [0.25, 0.3) is 0 Å². The van der Waals surface area contributed by atoms with Crippen LogP contribution in [0.15, 0.2) is 30.3 Å². The van der Waals surface area contributed by atoms with E-state index in [1.54, 1.807) is 0 Å². The smallest absolute Gasteiger partial charge is 0.117 e. The van der Waals surface area contributed by atoms with Crippen LogP contribution in [-0.2, 0) is 6.54 Å². The first-order valence-electron chi connectivity index (χ1n) is 7.91. The van der Waals surface area contributed by atoms with E-state index >= 15 is 0 Å². The van der Waals surface area contributed by atoms with E-state index in [1.165, 1.54) is 19.3 Å². The molecule has 1 aliphatic carbocycles. The molecule has 3 rings (SSSR count). The molecule has 0 saturated heterocycles. The SMILES string of the molecule is CC1CC(C)CC(NCc2n[nH]nc2-c2ccccc2)C1. The fourth-order valence-electron chi connectivity index (χ4n) is 3.56. The predicted molar refractivity (Wildman–Crippen MR) is 84.6 cm³/mol. The Morgan fingerprint density at radius 2 is 1.76 bits per heavy atom. The quantitative estimate of drug-likeness (QED) is 0.905. The Kier molecular flexibility index (Phi) is 4.34. The molecule has 1 aromatic carbocycles. The van der Waals surface area contributed by atoms with Gasteiger partial charge in [-0.1, -0.05) is 44.2 Å². The van der Waals surface area contributed by atoms with Crippen LogP contribution in [0.2, 0.25) is 0 Å². The molecule has 112 valence electrons. The van der Waals surface area contributed by atoms with Crippen molar-refractivity contribution >= 4 is 0 Å². The highest BCUT2D eigenvalue weighted by Gasteiger charge is 2.24. The van der Waals surface area contributed by atoms with Crippen LogP contribution in [0.25, 0.3) is 11.3 Å². The summed E-state index contributed by atoms with van der Waals surface area (Å²) in [6.07, 6.45) is 3.89. The van der Waals surface area contributed by atoms with Gasteiger partial charge in [-0.2, -0.15) is 15.4 Å². The van der Waals surface area contributed by atoms with E-state index in [-0.39, 0.29) is 0 Å². The molecule has 4 heteroatoms. The third kappa shape index (κ3) is 3.50. The average Bonchev–Trinajstić information content (AvgIpc) is 2.93. The van der Waals surface area contributed by atoms with E-state index in [0.717, 1.165) is 35.3 Å². The van der Waals surface area contributed by atoms with Gasteiger partial charge in [-0.15, -0.1) is 0 Å². The minimum absolute atomic E-state index is 0.601. The summed E-state index contributed by atoms with van der Waals surface area (Å²) in [5, 5.41) is 15.1. The molecule has 1 heterocycles. The molecule has 0 amide bonds. The summed E-state index contributed by atoms with van der Waals surface area (Å²) >= 11 is 0. The van der Waals surface area contributed by atoms with Crippen molar-refractivity contribution in [3.8, 4) is 11.3 Å². The Hall–Kier alpha value is -1.68. The summed E-state index contributed by atoms with van der Waals surface area (Å²) in [7, 11) is 0. The lowest BCUT2D eigenvalue weighted by atomic mass is 9.80. The van der Waals surface area contributed by atoms with E-state index in [0.29, 0.717) is 6.04 Å². The number of aromatic nitrogens is 3. The first-order valence-corrected chi connectivity index (χ1v) is 7.91. The van der Waals surface area contributed by atoms with Gasteiger partial charge in [0.05, 0.1) is 0 Å². The molecule has 1 aromatic heterocycles. The van der Waals surface area contributed by atoms with Crippen molar-refractivity contribution in [1.29, 1.82) is 0 Å². The van der Waals surface area contributed by atoms with Gasteiger partial charge in [0, 0.05) is 18.2 Å². The second-order valence-corrected chi connectivity index (χ2v) is 6.48. The Morgan fingerprint density at radius 1 is 1.05 bits per heavy atom. The second kappa shape index (κ2) is 6.39. The lowest BCUT2D eigenvalue weighted by Crippen LogP contribution is -2.36. The molecule has 0 radical (unpaired) electrons. The summed E-state index contributed by atoms with van der Waals surface area (Å²) in [6, 6.07) is 10.8. The molecule has 2 N–H and O–H groups in total. The summed E-state index contributed by atoms with van der Waals surface area (Å²) in [4.78, 5) is 0. The number of nitrogens with one attached hydrogen (secondary N) is 2. The molecular weight excluding hydrogens is 260 g/mol. The third-order valence-corrected chi connectivity index (χ3v) is 4.40. The summed E-state index contributed by atoms with van der Waals surface area (Å²) in [6.45, 7) is 5.50. The van der Waals surface area contributed by atoms with Gasteiger partial charge in [-0.05, 0) is 31.1 Å². The zero-order valence-electron chi connectivity index (χ0n) is 12.8. The third-order valence-electron chi connectivity index (χ3n) is 4.40. The van der Waals surface area contributed by atoms with Gasteiger partial charge >= 0.3 is 0 Å². The molecule has 1 fully saturated rings. The minimum Gasteiger partial charge on any atom is -0.308 e. The molecule has 2 unspecified atom stereocenters. The maximum atomic E-state index is 4.32. The van der Waals surface area contributed by atoms with Crippen LogP contribution in [-0.4, -0.2) is 21.5 Å². The Morgan fingerprint density at radius 3 is 2.48 bits per heavy atom. The van der Waals surface area contributed by atoms with Crippen molar-refractivity contribution in [1.82, 2.24) is 20.7 Å². The molecular formula is C17H24N4.